The summed E-state index contributed by atoms with van der Waals surface area (Å²) in [6, 6.07) is 12.5. The second-order valence-electron chi connectivity index (χ2n) is 6.82. The molecule has 0 spiro atoms. The van der Waals surface area contributed by atoms with Crippen LogP contribution in [0.15, 0.2) is 64.4 Å². The number of aromatic nitrogens is 4. The minimum Gasteiger partial charge on any atom is -0.369 e. The monoisotopic (exact) mass is 453 g/mol. The number of nitrogens with one attached hydrogen (secondary N) is 4. The number of sulfonamides is 1. The van der Waals surface area contributed by atoms with E-state index in [0.717, 1.165) is 0 Å². The topological polar surface area (TPSA) is 176 Å². The van der Waals surface area contributed by atoms with E-state index >= 15 is 0 Å². The number of fused-ring (bicyclic) bond motifs is 1. The van der Waals surface area contributed by atoms with Gasteiger partial charge in [-0.15, -0.1) is 0 Å². The van der Waals surface area contributed by atoms with Crippen molar-refractivity contribution in [1.82, 2.24) is 24.7 Å². The number of nitrogens with zero attached hydrogens (tertiary/aromatic N) is 2. The molecule has 0 atom stereocenters. The Bertz CT molecular complexity index is 1450. The zero-order chi connectivity index (χ0) is 22.7. The average Bonchev–Trinajstić information content (AvgIpc) is 3.17. The fourth-order valence-corrected chi connectivity index (χ4v) is 4.37. The maximum Gasteiger partial charge on any atom is 0.261 e. The van der Waals surface area contributed by atoms with Gasteiger partial charge in [0.15, 0.2) is 0 Å². The lowest BCUT2D eigenvalue weighted by atomic mass is 10.2. The van der Waals surface area contributed by atoms with Crippen LogP contribution in [0.25, 0.3) is 11.0 Å². The van der Waals surface area contributed by atoms with Crippen molar-refractivity contribution in [2.24, 2.45) is 0 Å². The Balaban J connectivity index is 1.49. The van der Waals surface area contributed by atoms with Crippen molar-refractivity contribution in [3.05, 3.63) is 76.3 Å². The van der Waals surface area contributed by atoms with Crippen LogP contribution in [0.4, 0.5) is 11.8 Å². The van der Waals surface area contributed by atoms with Crippen LogP contribution in [-0.4, -0.2) is 40.8 Å². The molecule has 0 aliphatic rings. The number of nitrogen functional groups attached to an aromatic ring is 1. The number of rotatable bonds is 7. The van der Waals surface area contributed by atoms with Gasteiger partial charge in [0.25, 0.3) is 11.5 Å². The molecule has 0 aliphatic heterocycles. The van der Waals surface area contributed by atoms with Crippen LogP contribution in [0.3, 0.4) is 0 Å². The van der Waals surface area contributed by atoms with Crippen LogP contribution in [0, 0.1) is 0 Å². The van der Waals surface area contributed by atoms with Crippen molar-refractivity contribution in [3.63, 3.8) is 0 Å². The van der Waals surface area contributed by atoms with Crippen LogP contribution < -0.4 is 21.3 Å². The molecule has 11 nitrogen and oxygen atoms in total. The third-order valence-electron chi connectivity index (χ3n) is 4.59. The molecular weight excluding hydrogens is 434 g/mol. The third-order valence-corrected chi connectivity index (χ3v) is 6.10. The summed E-state index contributed by atoms with van der Waals surface area (Å²) >= 11 is 0. The molecule has 0 saturated heterocycles. The molecule has 164 valence electrons. The Kier molecular flexibility index (Phi) is 5.71. The predicted octanol–water partition coefficient (Wildman–Crippen LogP) is 1.00. The molecular formula is C20H19N7O4S. The highest BCUT2D eigenvalue weighted by Crippen LogP contribution is 2.17. The molecule has 0 saturated carbocycles. The number of nitrogens with two attached hydrogens (primary N) is 1. The smallest absolute Gasteiger partial charge is 0.261 e. The Morgan fingerprint density at radius 1 is 1.09 bits per heavy atom. The molecule has 0 radical (unpaired) electrons. The minimum absolute atomic E-state index is 0.0116. The summed E-state index contributed by atoms with van der Waals surface area (Å²) in [7, 11) is -3.99. The zero-order valence-corrected chi connectivity index (χ0v) is 17.4. The number of carbonyl (C=O) groups excluding carboxylic acids is 1. The van der Waals surface area contributed by atoms with E-state index in [0.29, 0.717) is 22.5 Å². The Hall–Kier alpha value is -4.03. The van der Waals surface area contributed by atoms with Gasteiger partial charge in [0.2, 0.25) is 16.0 Å². The number of benzene rings is 1. The quantitative estimate of drug-likeness (QED) is 0.277. The Labute approximate surface area is 182 Å². The van der Waals surface area contributed by atoms with Gasteiger partial charge in [-0.25, -0.2) is 18.1 Å². The molecule has 1 aromatic carbocycles. The SMILES string of the molecule is Nc1nc2[nH]c(CCNS(=O)(=O)c3ccccc3C(=O)Nc3ccccn3)cc2c(=O)[nH]1. The highest BCUT2D eigenvalue weighted by atomic mass is 32.2. The Morgan fingerprint density at radius 3 is 2.66 bits per heavy atom. The lowest BCUT2D eigenvalue weighted by molar-refractivity contribution is 0.102. The highest BCUT2D eigenvalue weighted by Gasteiger charge is 2.22. The van der Waals surface area contributed by atoms with Crippen LogP contribution in [0.2, 0.25) is 0 Å². The number of amides is 1. The van der Waals surface area contributed by atoms with E-state index in [1.807, 2.05) is 0 Å². The maximum atomic E-state index is 12.9. The average molecular weight is 453 g/mol. The number of aromatic amines is 2. The van der Waals surface area contributed by atoms with Crippen molar-refractivity contribution in [3.8, 4) is 0 Å². The van der Waals surface area contributed by atoms with E-state index in [9.17, 15) is 18.0 Å². The number of carbonyl (C=O) groups is 1. The van der Waals surface area contributed by atoms with Gasteiger partial charge in [0, 0.05) is 24.9 Å². The van der Waals surface area contributed by atoms with E-state index < -0.39 is 15.9 Å². The summed E-state index contributed by atoms with van der Waals surface area (Å²) in [6.07, 6.45) is 1.78. The van der Waals surface area contributed by atoms with E-state index in [4.69, 9.17) is 5.73 Å². The number of pyridine rings is 1. The van der Waals surface area contributed by atoms with Gasteiger partial charge in [-0.05, 0) is 30.3 Å². The fraction of sp³-hybridized carbons (Fsp3) is 0.100. The normalized spacial score (nSPS) is 11.5. The first-order valence-electron chi connectivity index (χ1n) is 9.52. The van der Waals surface area contributed by atoms with Gasteiger partial charge < -0.3 is 16.0 Å². The van der Waals surface area contributed by atoms with Gasteiger partial charge in [0.1, 0.15) is 11.5 Å². The van der Waals surface area contributed by atoms with Crippen molar-refractivity contribution in [1.29, 1.82) is 0 Å². The van der Waals surface area contributed by atoms with Crippen LogP contribution in [-0.2, 0) is 16.4 Å². The molecule has 0 fully saturated rings. The number of hydrogen-bond donors (Lipinski definition) is 5. The molecule has 32 heavy (non-hydrogen) atoms. The predicted molar refractivity (Wildman–Crippen MR) is 119 cm³/mol. The first-order chi connectivity index (χ1) is 15.3. The highest BCUT2D eigenvalue weighted by molar-refractivity contribution is 7.89. The summed E-state index contributed by atoms with van der Waals surface area (Å²) < 4.78 is 28.2. The van der Waals surface area contributed by atoms with Crippen LogP contribution in [0.1, 0.15) is 16.1 Å². The second-order valence-corrected chi connectivity index (χ2v) is 8.56. The van der Waals surface area contributed by atoms with E-state index in [1.165, 1.54) is 24.4 Å². The van der Waals surface area contributed by atoms with Gasteiger partial charge in [-0.2, -0.15) is 4.98 Å². The van der Waals surface area contributed by atoms with Crippen LogP contribution >= 0.6 is 0 Å². The number of anilines is 2. The van der Waals surface area contributed by atoms with Crippen molar-refractivity contribution >= 4 is 38.7 Å². The molecule has 0 aliphatic carbocycles. The second kappa shape index (κ2) is 8.61. The van der Waals surface area contributed by atoms with Gasteiger partial charge in [-0.1, -0.05) is 18.2 Å². The minimum atomic E-state index is -3.99. The summed E-state index contributed by atoms with van der Waals surface area (Å²) in [5.74, 6) is -0.305. The van der Waals surface area contributed by atoms with E-state index in [2.05, 4.69) is 30.0 Å². The molecule has 0 unspecified atom stereocenters. The lowest BCUT2D eigenvalue weighted by Gasteiger charge is -2.11. The van der Waals surface area contributed by atoms with Gasteiger partial charge in [0.05, 0.1) is 15.8 Å². The van der Waals surface area contributed by atoms with Crippen molar-refractivity contribution in [2.45, 2.75) is 11.3 Å². The molecule has 4 aromatic rings. The summed E-state index contributed by atoms with van der Waals surface area (Å²) in [5.41, 5.74) is 6.05. The zero-order valence-electron chi connectivity index (χ0n) is 16.6. The molecule has 6 N–H and O–H groups in total. The van der Waals surface area contributed by atoms with Crippen molar-refractivity contribution < 1.29 is 13.2 Å². The lowest BCUT2D eigenvalue weighted by Crippen LogP contribution is -2.28. The standard InChI is InChI=1S/C20H19N7O4S/c21-20-26-17-14(19(29)27-20)11-12(24-17)8-10-23-32(30,31)15-6-2-1-5-13(15)18(28)25-16-7-3-4-9-22-16/h1-7,9,11,23H,8,10H2,(H,22,25,28)(H4,21,24,26,27,29). The van der Waals surface area contributed by atoms with Gasteiger partial charge in [-0.3, -0.25) is 14.6 Å². The third kappa shape index (κ3) is 4.50. The Morgan fingerprint density at radius 2 is 1.88 bits per heavy atom. The summed E-state index contributed by atoms with van der Waals surface area (Å²) in [4.78, 5) is 37.8. The number of hydrogen-bond acceptors (Lipinski definition) is 7. The number of H-pyrrole nitrogens is 2. The van der Waals surface area contributed by atoms with Crippen LogP contribution in [0.5, 0.6) is 0 Å². The van der Waals surface area contributed by atoms with E-state index in [1.54, 1.807) is 30.3 Å². The molecule has 4 rings (SSSR count). The molecule has 0 bridgehead atoms. The summed E-state index contributed by atoms with van der Waals surface area (Å²) in [5, 5.41) is 2.91. The molecule has 3 heterocycles. The van der Waals surface area contributed by atoms with E-state index in [-0.39, 0.29) is 34.9 Å². The van der Waals surface area contributed by atoms with Crippen molar-refractivity contribution in [2.75, 3.05) is 17.6 Å². The maximum absolute atomic E-state index is 12.9. The molecule has 3 aromatic heterocycles. The first kappa shape index (κ1) is 21.2. The largest absolute Gasteiger partial charge is 0.369 e. The first-order valence-corrected chi connectivity index (χ1v) is 11.0. The van der Waals surface area contributed by atoms with Gasteiger partial charge >= 0.3 is 0 Å². The molecule has 12 heteroatoms. The molecule has 1 amide bonds. The summed E-state index contributed by atoms with van der Waals surface area (Å²) in [6.45, 7) is 0.0265. The fourth-order valence-electron chi connectivity index (χ4n) is 3.13.